The molecule has 0 radical (unpaired) electrons. The largest absolute Gasteiger partial charge is 0.472 e. The van der Waals surface area contributed by atoms with Gasteiger partial charge in [0.05, 0.1) is 43.3 Å². The van der Waals surface area contributed by atoms with Gasteiger partial charge in [-0.2, -0.15) is 15.6 Å². The zero-order valence-corrected chi connectivity index (χ0v) is 33.5. The molecular weight excluding hydrogens is 742 g/mol. The van der Waals surface area contributed by atoms with E-state index in [-0.39, 0.29) is 30.3 Å². The minimum Gasteiger partial charge on any atom is -0.419 e. The highest BCUT2D eigenvalue weighted by Crippen LogP contribution is 2.44. The number of rotatable bonds is 31. The Bertz CT molecular complexity index is 1700. The summed E-state index contributed by atoms with van der Waals surface area (Å²) >= 11 is 0. The lowest BCUT2D eigenvalue weighted by molar-refractivity contribution is -0.0806. The second kappa shape index (κ2) is 26.3. The second-order valence-corrected chi connectivity index (χ2v) is 15.7. The van der Waals surface area contributed by atoms with E-state index in [0.717, 1.165) is 38.1 Å². The van der Waals surface area contributed by atoms with Crippen molar-refractivity contribution in [3.05, 3.63) is 59.3 Å². The van der Waals surface area contributed by atoms with Crippen LogP contribution >= 0.6 is 7.82 Å². The minimum absolute atomic E-state index is 0.0663. The predicted octanol–water partition coefficient (Wildman–Crippen LogP) is 8.34. The molecule has 5 atom stereocenters. The number of anilines is 1. The molecule has 3 aromatic rings. The Labute approximate surface area is 330 Å². The van der Waals surface area contributed by atoms with Crippen molar-refractivity contribution in [2.75, 3.05) is 18.9 Å². The van der Waals surface area contributed by atoms with Crippen molar-refractivity contribution < 1.29 is 42.6 Å². The van der Waals surface area contributed by atoms with Crippen LogP contribution in [-0.4, -0.2) is 61.2 Å². The molecule has 0 aliphatic carbocycles. The lowest BCUT2D eigenvalue weighted by Crippen LogP contribution is -2.37. The van der Waals surface area contributed by atoms with E-state index in [4.69, 9.17) is 24.3 Å². The van der Waals surface area contributed by atoms with E-state index in [2.05, 4.69) is 17.0 Å². The first-order chi connectivity index (χ1) is 27.1. The lowest BCUT2D eigenvalue weighted by atomic mass is 10.0. The molecule has 1 aromatic carbocycles. The number of nitrogens with zero attached hydrogens (tertiary/aromatic N) is 5. The summed E-state index contributed by atoms with van der Waals surface area (Å²) in [5.41, 5.74) is 6.87. The molecule has 0 aliphatic rings. The highest BCUT2D eigenvalue weighted by molar-refractivity contribution is 7.47. The van der Waals surface area contributed by atoms with Crippen LogP contribution in [0.25, 0.3) is 5.52 Å². The van der Waals surface area contributed by atoms with Crippen molar-refractivity contribution in [3.63, 3.8) is 0 Å². The van der Waals surface area contributed by atoms with Gasteiger partial charge in [0.2, 0.25) is 0 Å². The van der Waals surface area contributed by atoms with Crippen molar-refractivity contribution in [3.8, 4) is 12.3 Å². The number of aliphatic hydroxyl groups excluding tert-OH is 2. The van der Waals surface area contributed by atoms with Gasteiger partial charge in [-0.25, -0.2) is 18.5 Å². The van der Waals surface area contributed by atoms with Crippen LogP contribution in [0.1, 0.15) is 145 Å². The van der Waals surface area contributed by atoms with Gasteiger partial charge in [0.15, 0.2) is 11.9 Å². The molecule has 0 spiro atoms. The minimum atomic E-state index is -4.80. The molecule has 5 N–H and O–H groups in total. The van der Waals surface area contributed by atoms with Gasteiger partial charge in [0, 0.05) is 0 Å². The summed E-state index contributed by atoms with van der Waals surface area (Å²) in [5, 5.41) is 44.2. The van der Waals surface area contributed by atoms with E-state index in [9.17, 15) is 34.6 Å². The molecule has 0 bridgehead atoms. The molecule has 56 heavy (non-hydrogen) atoms. The Morgan fingerprint density at radius 1 is 0.875 bits per heavy atom. The Morgan fingerprint density at radius 3 is 2.05 bits per heavy atom. The number of hydrogen-bond acceptors (Lipinski definition) is 12. The molecule has 1 unspecified atom stereocenters. The van der Waals surface area contributed by atoms with Crippen molar-refractivity contribution >= 4 is 19.2 Å². The molecule has 2 aromatic heterocycles. The average molecular weight is 803 g/mol. The zero-order chi connectivity index (χ0) is 40.6. The van der Waals surface area contributed by atoms with E-state index in [1.54, 1.807) is 0 Å². The first kappa shape index (κ1) is 46.7. The van der Waals surface area contributed by atoms with Crippen LogP contribution < -0.4 is 5.73 Å². The lowest BCUT2D eigenvalue weighted by Gasteiger charge is -2.25. The van der Waals surface area contributed by atoms with Gasteiger partial charge >= 0.3 is 7.82 Å². The average Bonchev–Trinajstić information content (AvgIpc) is 3.63. The van der Waals surface area contributed by atoms with Crippen LogP contribution in [0.15, 0.2) is 36.7 Å². The van der Waals surface area contributed by atoms with Crippen molar-refractivity contribution in [2.24, 2.45) is 0 Å². The molecule has 14 nitrogen and oxygen atoms in total. The normalized spacial score (nSPS) is 14.8. The fourth-order valence-corrected chi connectivity index (χ4v) is 7.32. The summed E-state index contributed by atoms with van der Waals surface area (Å²) < 4.78 is 49.5. The number of nitriles is 2. The van der Waals surface area contributed by atoms with Crippen molar-refractivity contribution in [1.82, 2.24) is 14.6 Å². The Kier molecular flexibility index (Phi) is 21.9. The molecule has 0 fully saturated rings. The van der Waals surface area contributed by atoms with Gasteiger partial charge in [-0.3, -0.25) is 9.05 Å². The topological polar surface area (TPSA) is 218 Å². The molecular formula is C40H60FN6O8P. The fourth-order valence-electron chi connectivity index (χ4n) is 6.55. The summed E-state index contributed by atoms with van der Waals surface area (Å²) in [6.07, 6.45) is 18.2. The number of fused-ring (bicyclic) bond motifs is 1. The summed E-state index contributed by atoms with van der Waals surface area (Å²) in [5.74, 6) is -0.449. The standard InChI is InChI=1S/C40H60FN6O8P/c1-2-3-4-5-6-7-8-9-10-11-12-13-14-15-16-17-18-19-34(52-26-32-22-31(25-42)23-33(41)24-32)27-54-56(50,51)55-28-37(53-29-43)39(49)38(48)35-20-21-36-40(44)45-30-46-47(35)36/h20-24,30,34,37-39,48-49H,2-19,26-28H2,1H3,(H,50,51)(H2,44,45,46)/t34-,37-,38+,39-/m1/s1. The van der Waals surface area contributed by atoms with E-state index in [1.807, 2.05) is 6.07 Å². The summed E-state index contributed by atoms with van der Waals surface area (Å²) in [7, 11) is -4.80. The third-order valence-electron chi connectivity index (χ3n) is 9.75. The number of nitrogens with two attached hydrogens (primary N) is 1. The molecule has 2 heterocycles. The van der Waals surface area contributed by atoms with Crippen LogP contribution in [0.3, 0.4) is 0 Å². The van der Waals surface area contributed by atoms with E-state index < -0.39 is 44.7 Å². The molecule has 0 aliphatic heterocycles. The van der Waals surface area contributed by atoms with Gasteiger partial charge in [0.25, 0.3) is 6.26 Å². The molecule has 16 heteroatoms. The fraction of sp³-hybridized carbons (Fsp3) is 0.650. The third-order valence-corrected chi connectivity index (χ3v) is 10.7. The number of hydrogen-bond donors (Lipinski definition) is 4. The third kappa shape index (κ3) is 17.2. The molecule has 0 amide bonds. The summed E-state index contributed by atoms with van der Waals surface area (Å²) in [6.45, 7) is 1.02. The van der Waals surface area contributed by atoms with Gasteiger partial charge in [0.1, 0.15) is 29.9 Å². The maximum Gasteiger partial charge on any atom is 0.472 e. The van der Waals surface area contributed by atoms with Crippen LogP contribution in [0.5, 0.6) is 0 Å². The van der Waals surface area contributed by atoms with Crippen LogP contribution in [0, 0.1) is 28.7 Å². The Hall–Kier alpha value is -3.66. The van der Waals surface area contributed by atoms with Gasteiger partial charge < -0.3 is 30.3 Å². The summed E-state index contributed by atoms with van der Waals surface area (Å²) in [4.78, 5) is 14.4. The monoisotopic (exact) mass is 802 g/mol. The van der Waals surface area contributed by atoms with Gasteiger partial charge in [-0.15, -0.1) is 0 Å². The van der Waals surface area contributed by atoms with Gasteiger partial charge in [-0.05, 0) is 42.3 Å². The highest BCUT2D eigenvalue weighted by Gasteiger charge is 2.35. The number of unbranched alkanes of at least 4 members (excludes halogenated alkanes) is 16. The van der Waals surface area contributed by atoms with Crippen molar-refractivity contribution in [1.29, 1.82) is 10.5 Å². The Morgan fingerprint density at radius 2 is 1.46 bits per heavy atom. The first-order valence-electron chi connectivity index (χ1n) is 20.0. The number of phosphoric acid groups is 1. The molecule has 0 saturated heterocycles. The molecule has 3 rings (SSSR count). The number of halogens is 1. The van der Waals surface area contributed by atoms with E-state index >= 15 is 0 Å². The number of nitrogen functional groups attached to an aromatic ring is 1. The molecule has 310 valence electrons. The number of benzene rings is 1. The highest BCUT2D eigenvalue weighted by atomic mass is 31.2. The molecule has 0 saturated carbocycles. The van der Waals surface area contributed by atoms with Crippen LogP contribution in [0.2, 0.25) is 0 Å². The number of aliphatic hydroxyl groups is 2. The smallest absolute Gasteiger partial charge is 0.419 e. The summed E-state index contributed by atoms with van der Waals surface area (Å²) in [6, 6.07) is 8.76. The van der Waals surface area contributed by atoms with Crippen LogP contribution in [-0.2, 0) is 29.7 Å². The first-order valence-corrected chi connectivity index (χ1v) is 21.5. The number of ether oxygens (including phenoxy) is 2. The predicted molar refractivity (Wildman–Crippen MR) is 209 cm³/mol. The van der Waals surface area contributed by atoms with E-state index in [0.29, 0.717) is 17.5 Å². The van der Waals surface area contributed by atoms with Crippen molar-refractivity contribution in [2.45, 2.75) is 154 Å². The second-order valence-electron chi connectivity index (χ2n) is 14.3. The number of phosphoric ester groups is 1. The number of aromatic nitrogens is 3. The van der Waals surface area contributed by atoms with Crippen LogP contribution in [0.4, 0.5) is 10.2 Å². The Balaban J connectivity index is 1.44. The van der Waals surface area contributed by atoms with Gasteiger partial charge in [-0.1, -0.05) is 116 Å². The zero-order valence-electron chi connectivity index (χ0n) is 32.6. The SMILES string of the molecule is CCCCCCCCCCCCCCCCCCC[C@H](COP(=O)(O)OC[C@@H](OC#N)[C@@H](O)[C@@H](O)c1ccc2c(N)ncnn12)OCc1cc(F)cc(C#N)c1. The quantitative estimate of drug-likeness (QED) is 0.0273. The maximum absolute atomic E-state index is 14.1. The maximum atomic E-state index is 14.1. The van der Waals surface area contributed by atoms with E-state index in [1.165, 1.54) is 119 Å².